The fourth-order valence-corrected chi connectivity index (χ4v) is 3.38. The number of thiocarbonyl (C=S) groups is 1. The highest BCUT2D eigenvalue weighted by atomic mass is 32.2. The Kier molecular flexibility index (Phi) is 5.86. The van der Waals surface area contributed by atoms with Gasteiger partial charge < -0.3 is 5.73 Å². The molecule has 0 saturated carbocycles. The van der Waals surface area contributed by atoms with Crippen molar-refractivity contribution in [3.8, 4) is 0 Å². The molecule has 106 valence electrons. The Hall–Kier alpha value is -1.02. The van der Waals surface area contributed by atoms with Crippen molar-refractivity contribution < 1.29 is 8.42 Å². The molecule has 5 nitrogen and oxygen atoms in total. The molecule has 0 saturated heterocycles. The van der Waals surface area contributed by atoms with E-state index in [1.807, 2.05) is 18.2 Å². The Morgan fingerprint density at radius 3 is 2.26 bits per heavy atom. The fraction of sp³-hybridized carbons (Fsp3) is 0.417. The van der Waals surface area contributed by atoms with Gasteiger partial charge in [-0.2, -0.15) is 17.4 Å². The number of nitrogens with two attached hydrogens (primary N) is 1. The summed E-state index contributed by atoms with van der Waals surface area (Å²) in [5.74, 6) is 0. The minimum atomic E-state index is -3.60. The second-order valence-electron chi connectivity index (χ2n) is 3.95. The molecule has 0 spiro atoms. The van der Waals surface area contributed by atoms with Crippen LogP contribution in [0.1, 0.15) is 25.5 Å². The van der Waals surface area contributed by atoms with Crippen LogP contribution in [0, 0.1) is 0 Å². The predicted molar refractivity (Wildman–Crippen MR) is 80.9 cm³/mol. The van der Waals surface area contributed by atoms with Crippen LogP contribution in [0.4, 0.5) is 0 Å². The van der Waals surface area contributed by atoms with Gasteiger partial charge in [0.25, 0.3) is 10.2 Å². The Balaban J connectivity index is 3.01. The second-order valence-corrected chi connectivity index (χ2v) is 6.13. The summed E-state index contributed by atoms with van der Waals surface area (Å²) in [5, 5.41) is 0. The summed E-state index contributed by atoms with van der Waals surface area (Å²) >= 11 is 4.96. The Morgan fingerprint density at radius 2 is 1.84 bits per heavy atom. The molecule has 1 unspecified atom stereocenters. The lowest BCUT2D eigenvalue weighted by Crippen LogP contribution is -2.45. The number of rotatable bonds is 7. The van der Waals surface area contributed by atoms with Gasteiger partial charge in [0.15, 0.2) is 0 Å². The molecule has 0 fully saturated rings. The molecule has 1 aromatic rings. The highest BCUT2D eigenvalue weighted by molar-refractivity contribution is 7.87. The fourth-order valence-electron chi connectivity index (χ4n) is 1.72. The van der Waals surface area contributed by atoms with E-state index in [0.717, 1.165) is 5.56 Å². The molecule has 0 aliphatic rings. The molecule has 3 N–H and O–H groups in total. The highest BCUT2D eigenvalue weighted by Gasteiger charge is 2.25. The quantitative estimate of drug-likeness (QED) is 0.742. The maximum atomic E-state index is 12.2. The first-order valence-corrected chi connectivity index (χ1v) is 7.88. The molecule has 0 heterocycles. The molecule has 0 aliphatic heterocycles. The summed E-state index contributed by atoms with van der Waals surface area (Å²) in [6.07, 6.45) is 0. The third kappa shape index (κ3) is 4.24. The SMILES string of the molecule is CCN(CC)S(=O)(=O)NC(C(N)=S)c1ccccc1. The molecule has 19 heavy (non-hydrogen) atoms. The van der Waals surface area contributed by atoms with Gasteiger partial charge in [0.1, 0.15) is 0 Å². The molecule has 0 radical (unpaired) electrons. The highest BCUT2D eigenvalue weighted by Crippen LogP contribution is 2.15. The van der Waals surface area contributed by atoms with Crippen molar-refractivity contribution in [3.63, 3.8) is 0 Å². The van der Waals surface area contributed by atoms with Crippen LogP contribution in [0.15, 0.2) is 30.3 Å². The lowest BCUT2D eigenvalue weighted by molar-refractivity contribution is 0.433. The number of hydrogen-bond donors (Lipinski definition) is 2. The molecule has 1 aromatic carbocycles. The van der Waals surface area contributed by atoms with E-state index < -0.39 is 16.3 Å². The average molecular weight is 301 g/mol. The van der Waals surface area contributed by atoms with E-state index in [0.29, 0.717) is 13.1 Å². The standard InChI is InChI=1S/C12H19N3O2S2/c1-3-15(4-2)19(16,17)14-11(12(13)18)10-8-6-5-7-9-10/h5-9,11,14H,3-4H2,1-2H3,(H2,13,18). The number of nitrogens with zero attached hydrogens (tertiary/aromatic N) is 1. The van der Waals surface area contributed by atoms with Crippen LogP contribution in [0.2, 0.25) is 0 Å². The van der Waals surface area contributed by atoms with E-state index in [1.54, 1.807) is 26.0 Å². The minimum Gasteiger partial charge on any atom is -0.392 e. The van der Waals surface area contributed by atoms with E-state index in [2.05, 4.69) is 4.72 Å². The normalized spacial score (nSPS) is 13.4. The topological polar surface area (TPSA) is 75.4 Å². The van der Waals surface area contributed by atoms with Gasteiger partial charge in [-0.15, -0.1) is 0 Å². The molecule has 0 aliphatic carbocycles. The molecular formula is C12H19N3O2S2. The Morgan fingerprint density at radius 1 is 1.32 bits per heavy atom. The van der Waals surface area contributed by atoms with Gasteiger partial charge in [0, 0.05) is 13.1 Å². The Labute approximate surface area is 120 Å². The first-order chi connectivity index (χ1) is 8.92. The second kappa shape index (κ2) is 6.95. The molecular weight excluding hydrogens is 282 g/mol. The summed E-state index contributed by atoms with van der Waals surface area (Å²) in [4.78, 5) is 0.0990. The molecule has 0 amide bonds. The lowest BCUT2D eigenvalue weighted by atomic mass is 10.1. The van der Waals surface area contributed by atoms with Gasteiger partial charge in [-0.3, -0.25) is 0 Å². The van der Waals surface area contributed by atoms with Crippen LogP contribution < -0.4 is 10.5 Å². The zero-order valence-corrected chi connectivity index (χ0v) is 12.7. The van der Waals surface area contributed by atoms with Crippen molar-refractivity contribution >= 4 is 27.4 Å². The summed E-state index contributed by atoms with van der Waals surface area (Å²) in [6, 6.07) is 8.35. The van der Waals surface area contributed by atoms with Crippen LogP contribution >= 0.6 is 12.2 Å². The van der Waals surface area contributed by atoms with E-state index in [4.69, 9.17) is 18.0 Å². The zero-order valence-electron chi connectivity index (χ0n) is 11.0. The summed E-state index contributed by atoms with van der Waals surface area (Å²) in [7, 11) is -3.60. The number of hydrogen-bond acceptors (Lipinski definition) is 3. The van der Waals surface area contributed by atoms with Gasteiger partial charge in [-0.1, -0.05) is 56.4 Å². The molecule has 7 heteroatoms. The van der Waals surface area contributed by atoms with Gasteiger partial charge >= 0.3 is 0 Å². The van der Waals surface area contributed by atoms with E-state index >= 15 is 0 Å². The van der Waals surface area contributed by atoms with E-state index in [1.165, 1.54) is 4.31 Å². The third-order valence-corrected chi connectivity index (χ3v) is 4.70. The Bertz CT molecular complexity index is 513. The van der Waals surface area contributed by atoms with Crippen LogP contribution in [0.25, 0.3) is 0 Å². The zero-order chi connectivity index (χ0) is 14.5. The van der Waals surface area contributed by atoms with Crippen molar-refractivity contribution in [3.05, 3.63) is 35.9 Å². The smallest absolute Gasteiger partial charge is 0.280 e. The first-order valence-electron chi connectivity index (χ1n) is 6.04. The van der Waals surface area contributed by atoms with Gasteiger partial charge in [0.2, 0.25) is 0 Å². The maximum absolute atomic E-state index is 12.2. The van der Waals surface area contributed by atoms with Gasteiger partial charge in [-0.05, 0) is 5.56 Å². The van der Waals surface area contributed by atoms with Crippen LogP contribution in [0.5, 0.6) is 0 Å². The predicted octanol–water partition coefficient (Wildman–Crippen LogP) is 1.19. The lowest BCUT2D eigenvalue weighted by Gasteiger charge is -2.23. The van der Waals surface area contributed by atoms with E-state index in [9.17, 15) is 8.42 Å². The monoisotopic (exact) mass is 301 g/mol. The van der Waals surface area contributed by atoms with Crippen molar-refractivity contribution in [2.75, 3.05) is 13.1 Å². The molecule has 1 rings (SSSR count). The largest absolute Gasteiger partial charge is 0.392 e. The van der Waals surface area contributed by atoms with Crippen molar-refractivity contribution in [1.82, 2.24) is 9.03 Å². The number of benzene rings is 1. The van der Waals surface area contributed by atoms with Crippen LogP contribution in [-0.2, 0) is 10.2 Å². The van der Waals surface area contributed by atoms with Crippen LogP contribution in [-0.4, -0.2) is 30.8 Å². The van der Waals surface area contributed by atoms with Crippen molar-refractivity contribution in [2.24, 2.45) is 5.73 Å². The summed E-state index contributed by atoms with van der Waals surface area (Å²) in [6.45, 7) is 4.34. The van der Waals surface area contributed by atoms with Gasteiger partial charge in [-0.25, -0.2) is 0 Å². The average Bonchev–Trinajstić information content (AvgIpc) is 2.38. The molecule has 0 bridgehead atoms. The third-order valence-electron chi connectivity index (χ3n) is 2.73. The molecule has 1 atom stereocenters. The number of nitrogens with one attached hydrogen (secondary N) is 1. The van der Waals surface area contributed by atoms with E-state index in [-0.39, 0.29) is 4.99 Å². The van der Waals surface area contributed by atoms with Crippen molar-refractivity contribution in [2.45, 2.75) is 19.9 Å². The summed E-state index contributed by atoms with van der Waals surface area (Å²) < 4.78 is 28.2. The van der Waals surface area contributed by atoms with Crippen molar-refractivity contribution in [1.29, 1.82) is 0 Å². The summed E-state index contributed by atoms with van der Waals surface area (Å²) in [5.41, 5.74) is 6.37. The first kappa shape index (κ1) is 16.0. The minimum absolute atomic E-state index is 0.0990. The van der Waals surface area contributed by atoms with Crippen LogP contribution in [0.3, 0.4) is 0 Å². The molecule has 0 aromatic heterocycles. The van der Waals surface area contributed by atoms with Gasteiger partial charge in [0.05, 0.1) is 11.0 Å². The maximum Gasteiger partial charge on any atom is 0.280 e.